The summed E-state index contributed by atoms with van der Waals surface area (Å²) in [7, 11) is 2.19. The number of nitrogens with zero attached hydrogens (tertiary/aromatic N) is 7. The lowest BCUT2D eigenvalue weighted by Crippen LogP contribution is -2.43. The third kappa shape index (κ3) is 9.36. The molecule has 3 aromatic carbocycles. The number of amides is 1. The van der Waals surface area contributed by atoms with E-state index in [4.69, 9.17) is 20.5 Å². The second-order valence-electron chi connectivity index (χ2n) is 12.2. The molecule has 1 amide bonds. The van der Waals surface area contributed by atoms with Crippen molar-refractivity contribution in [1.29, 1.82) is 0 Å². The van der Waals surface area contributed by atoms with Crippen molar-refractivity contribution in [2.45, 2.75) is 27.3 Å². The lowest BCUT2D eigenvalue weighted by Gasteiger charge is -2.32. The molecule has 278 valence electrons. The lowest BCUT2D eigenvalue weighted by atomic mass is 10.1. The first-order valence-electron chi connectivity index (χ1n) is 17.6. The number of likely N-dealkylation sites (N-methyl/N-ethyl adjacent to an activating group) is 1. The molecule has 7 aromatic rings. The molecule has 5 heterocycles. The number of primary amides is 1. The smallest absolute Gasteiger partial charge is 0.204 e. The molecule has 8 rings (SSSR count). The maximum absolute atomic E-state index is 12.9. The number of anilines is 1. The number of fused-ring (bicyclic) bond motifs is 2. The average Bonchev–Trinajstić information content (AvgIpc) is 3.77. The maximum atomic E-state index is 12.9. The van der Waals surface area contributed by atoms with Crippen molar-refractivity contribution in [2.75, 3.05) is 39.0 Å². The first-order valence-corrected chi connectivity index (χ1v) is 18.4. The molecule has 1 aliphatic rings. The minimum Gasteiger partial charge on any atom is -0.383 e. The van der Waals surface area contributed by atoms with Crippen molar-refractivity contribution >= 4 is 51.2 Å². The normalized spacial score (nSPS) is 12.8. The van der Waals surface area contributed by atoms with Crippen molar-refractivity contribution in [2.24, 2.45) is 5.73 Å². The number of piperazine rings is 1. The molecule has 54 heavy (non-hydrogen) atoms. The average molecular weight is 746 g/mol. The van der Waals surface area contributed by atoms with Crippen LogP contribution in [0.15, 0.2) is 97.2 Å². The summed E-state index contributed by atoms with van der Waals surface area (Å²) in [5.74, 6) is 0.768. The molecule has 4 aromatic heterocycles. The Kier molecular flexibility index (Phi) is 13.6. The molecule has 0 saturated carbocycles. The largest absolute Gasteiger partial charge is 0.383 e. The molecule has 0 radical (unpaired) electrons. The first kappa shape index (κ1) is 39.3. The van der Waals surface area contributed by atoms with Gasteiger partial charge in [0, 0.05) is 61.8 Å². The predicted molar refractivity (Wildman–Crippen MR) is 216 cm³/mol. The number of hydrogen-bond acceptors (Lipinski definition) is 10. The van der Waals surface area contributed by atoms with Gasteiger partial charge in [0.25, 0.3) is 0 Å². The van der Waals surface area contributed by atoms with Gasteiger partial charge in [-0.1, -0.05) is 56.3 Å². The summed E-state index contributed by atoms with van der Waals surface area (Å²) in [5, 5.41) is 0.837. The number of nitrogens with two attached hydrogens (primary N) is 2. The summed E-state index contributed by atoms with van der Waals surface area (Å²) in [5.41, 5.74) is 18.1. The number of aldehydes is 1. The second kappa shape index (κ2) is 18.7. The van der Waals surface area contributed by atoms with Crippen LogP contribution in [-0.2, 0) is 11.3 Å². The number of thiazole rings is 1. The van der Waals surface area contributed by atoms with Crippen molar-refractivity contribution < 1.29 is 14.0 Å². The fourth-order valence-electron chi connectivity index (χ4n) is 6.00. The molecular weight excluding hydrogens is 702 g/mol. The number of halogens is 1. The van der Waals surface area contributed by atoms with Gasteiger partial charge in [-0.15, -0.1) is 11.3 Å². The zero-order chi connectivity index (χ0) is 38.6. The molecule has 0 unspecified atom stereocenters. The number of aryl methyl sites for hydroxylation is 1. The van der Waals surface area contributed by atoms with E-state index in [0.29, 0.717) is 23.2 Å². The SMILES string of the molecule is CC.CN1CCN(Cc2ccc(-n3c(-c4cccnc4N)nc4ccc(-c5ccccc5)nc43)cc2)CC1.Cc1nc2cc(F)cc(C=O)c2s1.NC=O. The molecule has 1 fully saturated rings. The number of pyridine rings is 2. The number of carbonyl (C=O) groups is 2. The quantitative estimate of drug-likeness (QED) is 0.169. The Bertz CT molecular complexity index is 2300. The van der Waals surface area contributed by atoms with Crippen LogP contribution in [0.1, 0.15) is 34.8 Å². The molecule has 0 atom stereocenters. The van der Waals surface area contributed by atoms with E-state index in [9.17, 15) is 9.18 Å². The Labute approximate surface area is 318 Å². The van der Waals surface area contributed by atoms with Crippen LogP contribution < -0.4 is 11.5 Å². The summed E-state index contributed by atoms with van der Waals surface area (Å²) >= 11 is 1.40. The number of aromatic nitrogens is 5. The highest BCUT2D eigenvalue weighted by Crippen LogP contribution is 2.32. The third-order valence-electron chi connectivity index (χ3n) is 8.57. The number of nitrogen functional groups attached to an aromatic ring is 1. The van der Waals surface area contributed by atoms with Crippen LogP contribution in [0.4, 0.5) is 10.2 Å². The number of rotatable bonds is 6. The maximum Gasteiger partial charge on any atom is 0.204 e. The molecule has 13 heteroatoms. The molecule has 0 aliphatic carbocycles. The standard InChI is InChI=1S/C29H29N7.C9H6FNOS.C2H6.CH3NO/c1-34-16-18-35(19-17-34)20-21-9-11-23(12-10-21)36-28(24-8-5-15-31-27(24)30)33-26-14-13-25(32-29(26)36)22-6-3-2-4-7-22;1-5-11-8-3-7(10)2-6(4-12)9(8)13-5;1-2;2-1-3/h2-15H,16-20H2,1H3,(H2,30,31);2-4H,1H3;1-2H3;1H,(H2,2,3). The molecule has 0 bridgehead atoms. The van der Waals surface area contributed by atoms with Crippen LogP contribution in [0.2, 0.25) is 0 Å². The minimum absolute atomic E-state index is 0.250. The van der Waals surface area contributed by atoms with Gasteiger partial charge in [-0.2, -0.15) is 0 Å². The second-order valence-corrected chi connectivity index (χ2v) is 13.4. The van der Waals surface area contributed by atoms with Crippen LogP contribution in [-0.4, -0.2) is 80.2 Å². The molecule has 4 N–H and O–H groups in total. The Morgan fingerprint density at radius 2 is 1.56 bits per heavy atom. The van der Waals surface area contributed by atoms with E-state index in [-0.39, 0.29) is 6.41 Å². The summed E-state index contributed by atoms with van der Waals surface area (Å²) in [4.78, 5) is 42.5. The minimum atomic E-state index is -0.417. The van der Waals surface area contributed by atoms with Gasteiger partial charge in [0.1, 0.15) is 17.2 Å². The number of imidazole rings is 1. The molecule has 1 aliphatic heterocycles. The van der Waals surface area contributed by atoms with Crippen molar-refractivity contribution in [3.63, 3.8) is 0 Å². The highest BCUT2D eigenvalue weighted by molar-refractivity contribution is 7.18. The van der Waals surface area contributed by atoms with Gasteiger partial charge in [-0.25, -0.2) is 24.3 Å². The van der Waals surface area contributed by atoms with Gasteiger partial charge in [-0.3, -0.25) is 19.1 Å². The number of hydrogen-bond donors (Lipinski definition) is 2. The topological polar surface area (TPSA) is 149 Å². The van der Waals surface area contributed by atoms with E-state index >= 15 is 0 Å². The van der Waals surface area contributed by atoms with Crippen LogP contribution >= 0.6 is 11.3 Å². The van der Waals surface area contributed by atoms with Crippen LogP contribution in [0.3, 0.4) is 0 Å². The fraction of sp³-hybridized carbons (Fsp3) is 0.220. The molecule has 11 nitrogen and oxygen atoms in total. The van der Waals surface area contributed by atoms with Crippen LogP contribution in [0, 0.1) is 12.7 Å². The Hall–Kier alpha value is -5.89. The zero-order valence-corrected chi connectivity index (χ0v) is 31.6. The van der Waals surface area contributed by atoms with E-state index in [1.54, 1.807) is 6.20 Å². The lowest BCUT2D eigenvalue weighted by molar-refractivity contribution is -0.106. The van der Waals surface area contributed by atoms with Gasteiger partial charge in [0.2, 0.25) is 6.41 Å². The fourth-order valence-corrected chi connectivity index (χ4v) is 6.87. The third-order valence-corrected chi connectivity index (χ3v) is 9.60. The van der Waals surface area contributed by atoms with Crippen LogP contribution in [0.25, 0.3) is 49.7 Å². The molecular formula is C41H44FN9O2S. The highest BCUT2D eigenvalue weighted by atomic mass is 32.1. The summed E-state index contributed by atoms with van der Waals surface area (Å²) in [6.07, 6.45) is 2.60. The van der Waals surface area contributed by atoms with Gasteiger partial charge in [-0.05, 0) is 62.0 Å². The summed E-state index contributed by atoms with van der Waals surface area (Å²) < 4.78 is 15.7. The van der Waals surface area contributed by atoms with E-state index in [0.717, 1.165) is 81.9 Å². The Morgan fingerprint density at radius 3 is 2.22 bits per heavy atom. The Balaban J connectivity index is 0.000000259. The summed E-state index contributed by atoms with van der Waals surface area (Å²) in [6, 6.07) is 29.4. The van der Waals surface area contributed by atoms with Crippen molar-refractivity contribution in [1.82, 2.24) is 34.3 Å². The number of carbonyl (C=O) groups excluding carboxylic acids is 2. The van der Waals surface area contributed by atoms with Gasteiger partial charge in [0.15, 0.2) is 17.8 Å². The van der Waals surface area contributed by atoms with E-state index in [1.807, 2.05) is 63.2 Å². The monoisotopic (exact) mass is 745 g/mol. The predicted octanol–water partition coefficient (Wildman–Crippen LogP) is 7.16. The van der Waals surface area contributed by atoms with E-state index < -0.39 is 5.82 Å². The Morgan fingerprint density at radius 1 is 0.852 bits per heavy atom. The zero-order valence-electron chi connectivity index (χ0n) is 30.8. The van der Waals surface area contributed by atoms with Crippen molar-refractivity contribution in [3.8, 4) is 28.3 Å². The summed E-state index contributed by atoms with van der Waals surface area (Å²) in [6.45, 7) is 11.2. The molecule has 0 spiro atoms. The first-order chi connectivity index (χ1) is 26.3. The molecule has 1 saturated heterocycles. The highest BCUT2D eigenvalue weighted by Gasteiger charge is 2.19. The van der Waals surface area contributed by atoms with Crippen molar-refractivity contribution in [3.05, 3.63) is 119 Å². The van der Waals surface area contributed by atoms with E-state index in [1.165, 1.54) is 29.0 Å². The van der Waals surface area contributed by atoms with Gasteiger partial charge >= 0.3 is 0 Å². The van der Waals surface area contributed by atoms with E-state index in [2.05, 4.69) is 73.5 Å². The van der Waals surface area contributed by atoms with Crippen LogP contribution in [0.5, 0.6) is 0 Å². The van der Waals surface area contributed by atoms with Gasteiger partial charge < -0.3 is 16.4 Å². The number of benzene rings is 3. The van der Waals surface area contributed by atoms with Gasteiger partial charge in [0.05, 0.1) is 26.5 Å².